The molecule has 0 aliphatic heterocycles. The Hall–Kier alpha value is -2.30. The second kappa shape index (κ2) is 5.60. The Morgan fingerprint density at radius 2 is 1.57 bits per heavy atom. The maximum Gasteiger partial charge on any atom is 0.573 e. The molecule has 0 aromatic heterocycles. The van der Waals surface area contributed by atoms with Gasteiger partial charge in [0.25, 0.3) is 0 Å². The molecule has 0 bridgehead atoms. The third-order valence-corrected chi connectivity index (χ3v) is 2.84. The van der Waals surface area contributed by atoms with Crippen molar-refractivity contribution in [1.29, 1.82) is 0 Å². The summed E-state index contributed by atoms with van der Waals surface area (Å²) in [6, 6.07) is 10.5. The van der Waals surface area contributed by atoms with E-state index in [0.29, 0.717) is 5.56 Å². The Kier molecular flexibility index (Phi) is 4.02. The van der Waals surface area contributed by atoms with Crippen LogP contribution < -0.4 is 4.74 Å². The fraction of sp³-hybridized carbons (Fsp3) is 0.188. The van der Waals surface area contributed by atoms with Crippen LogP contribution in [-0.2, 0) is 0 Å². The van der Waals surface area contributed by atoms with Gasteiger partial charge in [0.2, 0.25) is 0 Å². The summed E-state index contributed by atoms with van der Waals surface area (Å²) in [7, 11) is 0. The van der Waals surface area contributed by atoms with Gasteiger partial charge in [-0.3, -0.25) is 4.79 Å². The van der Waals surface area contributed by atoms with Gasteiger partial charge in [-0.25, -0.2) is 0 Å². The summed E-state index contributed by atoms with van der Waals surface area (Å²) in [4.78, 5) is 12.4. The Balaban J connectivity index is 2.44. The fourth-order valence-corrected chi connectivity index (χ4v) is 2.13. The molecule has 0 aliphatic carbocycles. The van der Waals surface area contributed by atoms with Crippen molar-refractivity contribution in [3.63, 3.8) is 0 Å². The van der Waals surface area contributed by atoms with Gasteiger partial charge in [-0.15, -0.1) is 13.2 Å². The van der Waals surface area contributed by atoms with Gasteiger partial charge in [-0.05, 0) is 38.1 Å². The molecule has 0 saturated heterocycles. The van der Waals surface area contributed by atoms with Crippen molar-refractivity contribution in [3.8, 4) is 5.75 Å². The maximum atomic E-state index is 12.4. The lowest BCUT2D eigenvalue weighted by Crippen LogP contribution is -2.19. The number of carbonyl (C=O) groups excluding carboxylic acids is 1. The Labute approximate surface area is 120 Å². The zero-order chi connectivity index (χ0) is 15.6. The number of halogens is 3. The first-order chi connectivity index (χ1) is 9.76. The fourth-order valence-electron chi connectivity index (χ4n) is 2.13. The van der Waals surface area contributed by atoms with Crippen LogP contribution in [0.1, 0.15) is 27.0 Å². The average Bonchev–Trinajstić information content (AvgIpc) is 2.35. The monoisotopic (exact) mass is 294 g/mol. The van der Waals surface area contributed by atoms with E-state index in [4.69, 9.17) is 0 Å². The quantitative estimate of drug-likeness (QED) is 0.783. The molecule has 0 unspecified atom stereocenters. The van der Waals surface area contributed by atoms with Crippen molar-refractivity contribution < 1.29 is 22.7 Å². The molecular weight excluding hydrogens is 281 g/mol. The maximum absolute atomic E-state index is 12.4. The zero-order valence-corrected chi connectivity index (χ0v) is 11.5. The Bertz CT molecular complexity index is 655. The van der Waals surface area contributed by atoms with Crippen LogP contribution in [0.15, 0.2) is 42.5 Å². The van der Waals surface area contributed by atoms with Crippen LogP contribution in [0, 0.1) is 13.8 Å². The second-order valence-corrected chi connectivity index (χ2v) is 4.75. The number of rotatable bonds is 3. The van der Waals surface area contributed by atoms with E-state index in [1.807, 2.05) is 19.9 Å². The molecule has 0 radical (unpaired) electrons. The molecule has 0 heterocycles. The molecule has 2 nitrogen and oxygen atoms in total. The minimum atomic E-state index is -4.83. The molecule has 2 aromatic carbocycles. The summed E-state index contributed by atoms with van der Waals surface area (Å²) in [6.45, 7) is 3.64. The van der Waals surface area contributed by atoms with E-state index < -0.39 is 17.9 Å². The number of para-hydroxylation sites is 1. The summed E-state index contributed by atoms with van der Waals surface area (Å²) in [5, 5.41) is 0. The van der Waals surface area contributed by atoms with E-state index in [-0.39, 0.29) is 5.56 Å². The lowest BCUT2D eigenvalue weighted by Gasteiger charge is -2.13. The Morgan fingerprint density at radius 3 is 2.14 bits per heavy atom. The van der Waals surface area contributed by atoms with Crippen molar-refractivity contribution in [2.75, 3.05) is 0 Å². The van der Waals surface area contributed by atoms with E-state index in [2.05, 4.69) is 4.74 Å². The first kappa shape index (κ1) is 15.1. The number of ether oxygens (including phenoxy) is 1. The molecule has 5 heteroatoms. The van der Waals surface area contributed by atoms with Gasteiger partial charge >= 0.3 is 6.36 Å². The van der Waals surface area contributed by atoms with Crippen molar-refractivity contribution >= 4 is 5.78 Å². The van der Waals surface area contributed by atoms with Gasteiger partial charge in [0.1, 0.15) is 5.75 Å². The van der Waals surface area contributed by atoms with E-state index in [0.717, 1.165) is 17.2 Å². The summed E-state index contributed by atoms with van der Waals surface area (Å²) >= 11 is 0. The van der Waals surface area contributed by atoms with Crippen LogP contribution >= 0.6 is 0 Å². The molecule has 0 atom stereocenters. The lowest BCUT2D eigenvalue weighted by molar-refractivity contribution is -0.274. The third-order valence-electron chi connectivity index (χ3n) is 2.84. The summed E-state index contributed by atoms with van der Waals surface area (Å²) in [5.41, 5.74) is 1.96. The van der Waals surface area contributed by atoms with E-state index in [1.165, 1.54) is 18.2 Å². The number of ketones is 1. The van der Waals surface area contributed by atoms with Crippen molar-refractivity contribution in [3.05, 3.63) is 64.7 Å². The highest BCUT2D eigenvalue weighted by Gasteiger charge is 2.32. The molecule has 0 saturated carbocycles. The van der Waals surface area contributed by atoms with Gasteiger partial charge in [0.15, 0.2) is 5.78 Å². The minimum absolute atomic E-state index is 0.111. The SMILES string of the molecule is Cc1cc(C)cc(C(=O)c2ccccc2OC(F)(F)F)c1. The standard InChI is InChI=1S/C16H13F3O2/c1-10-7-11(2)9-12(8-10)15(20)13-5-3-4-6-14(13)21-16(17,18)19/h3-9H,1-2H3. The van der Waals surface area contributed by atoms with Gasteiger partial charge in [-0.1, -0.05) is 29.3 Å². The molecule has 110 valence electrons. The molecule has 0 spiro atoms. The van der Waals surface area contributed by atoms with E-state index in [9.17, 15) is 18.0 Å². The van der Waals surface area contributed by atoms with Gasteiger partial charge < -0.3 is 4.74 Å². The normalized spacial score (nSPS) is 11.3. The summed E-state index contributed by atoms with van der Waals surface area (Å²) < 4.78 is 41.1. The number of hydrogen-bond donors (Lipinski definition) is 0. The molecule has 0 amide bonds. The molecule has 0 fully saturated rings. The number of aryl methyl sites for hydroxylation is 2. The summed E-state index contributed by atoms with van der Waals surface area (Å²) in [6.07, 6.45) is -4.83. The molecule has 0 aliphatic rings. The highest BCUT2D eigenvalue weighted by molar-refractivity contribution is 6.10. The van der Waals surface area contributed by atoms with E-state index >= 15 is 0 Å². The lowest BCUT2D eigenvalue weighted by atomic mass is 9.99. The summed E-state index contributed by atoms with van der Waals surface area (Å²) in [5.74, 6) is -0.990. The van der Waals surface area contributed by atoms with Gasteiger partial charge in [-0.2, -0.15) is 0 Å². The third kappa shape index (κ3) is 3.84. The van der Waals surface area contributed by atoms with Gasteiger partial charge in [0, 0.05) is 5.56 Å². The number of benzene rings is 2. The van der Waals surface area contributed by atoms with E-state index in [1.54, 1.807) is 12.1 Å². The van der Waals surface area contributed by atoms with Crippen LogP contribution in [-0.4, -0.2) is 12.1 Å². The average molecular weight is 294 g/mol. The van der Waals surface area contributed by atoms with Crippen molar-refractivity contribution in [2.45, 2.75) is 20.2 Å². The minimum Gasteiger partial charge on any atom is -0.405 e. The van der Waals surface area contributed by atoms with Gasteiger partial charge in [0.05, 0.1) is 5.56 Å². The Morgan fingerprint density at radius 1 is 1.00 bits per heavy atom. The van der Waals surface area contributed by atoms with Crippen LogP contribution in [0.2, 0.25) is 0 Å². The van der Waals surface area contributed by atoms with Crippen molar-refractivity contribution in [1.82, 2.24) is 0 Å². The number of alkyl halides is 3. The predicted octanol–water partition coefficient (Wildman–Crippen LogP) is 4.43. The van der Waals surface area contributed by atoms with Crippen LogP contribution in [0.3, 0.4) is 0 Å². The topological polar surface area (TPSA) is 26.3 Å². The smallest absolute Gasteiger partial charge is 0.405 e. The van der Waals surface area contributed by atoms with Crippen LogP contribution in [0.4, 0.5) is 13.2 Å². The second-order valence-electron chi connectivity index (χ2n) is 4.75. The molecule has 2 rings (SSSR count). The largest absolute Gasteiger partial charge is 0.573 e. The zero-order valence-electron chi connectivity index (χ0n) is 11.5. The molecule has 21 heavy (non-hydrogen) atoms. The first-order valence-corrected chi connectivity index (χ1v) is 6.24. The first-order valence-electron chi connectivity index (χ1n) is 6.24. The van der Waals surface area contributed by atoms with Crippen LogP contribution in [0.5, 0.6) is 5.75 Å². The predicted molar refractivity (Wildman–Crippen MR) is 72.5 cm³/mol. The number of hydrogen-bond acceptors (Lipinski definition) is 2. The molecule has 2 aromatic rings. The van der Waals surface area contributed by atoms with Crippen LogP contribution in [0.25, 0.3) is 0 Å². The van der Waals surface area contributed by atoms with Crippen molar-refractivity contribution in [2.24, 2.45) is 0 Å². The highest BCUT2D eigenvalue weighted by atomic mass is 19.4. The molecule has 0 N–H and O–H groups in total. The molecular formula is C16H13F3O2. The highest BCUT2D eigenvalue weighted by Crippen LogP contribution is 2.28. The number of carbonyl (C=O) groups is 1.